The first-order chi connectivity index (χ1) is 8.32. The first-order valence-corrected chi connectivity index (χ1v) is 4.54. The number of rotatable bonds is 0. The van der Waals surface area contributed by atoms with E-state index in [0.29, 0.717) is 0 Å². The third-order valence-corrected chi connectivity index (χ3v) is 1.76. The molecule has 0 radical (unpaired) electrons. The van der Waals surface area contributed by atoms with Gasteiger partial charge in [-0.1, -0.05) is 6.07 Å². The third kappa shape index (κ3) is 3.58. The van der Waals surface area contributed by atoms with Gasteiger partial charge in [-0.3, -0.25) is 14.2 Å². The molecule has 2 aromatic heterocycles. The lowest BCUT2D eigenvalue weighted by atomic mass is 10.4. The van der Waals surface area contributed by atoms with Crippen molar-refractivity contribution in [2.24, 2.45) is 0 Å². The van der Waals surface area contributed by atoms with Gasteiger partial charge in [0.15, 0.2) is 0 Å². The second-order valence-electron chi connectivity index (χ2n) is 3.04. The summed E-state index contributed by atoms with van der Waals surface area (Å²) in [5, 5.41) is 7.12. The number of carboxylic acid groups (broad SMARTS) is 1. The smallest absolute Gasteiger partial charge is 0.475 e. The quantitative estimate of drug-likeness (QED) is 0.775. The van der Waals surface area contributed by atoms with E-state index in [2.05, 4.69) is 4.98 Å². The van der Waals surface area contributed by atoms with Crippen molar-refractivity contribution < 1.29 is 23.1 Å². The number of carboxylic acids is 1. The summed E-state index contributed by atoms with van der Waals surface area (Å²) in [6.45, 7) is 0. The maximum atomic E-state index is 11.1. The number of aliphatic carboxylic acids is 1. The molecular formula is C10H7F3N2O3. The molecule has 0 atom stereocenters. The molecule has 0 saturated carbocycles. The average Bonchev–Trinajstić information content (AvgIpc) is 2.29. The lowest BCUT2D eigenvalue weighted by Crippen LogP contribution is -2.21. The van der Waals surface area contributed by atoms with Gasteiger partial charge in [0.25, 0.3) is 5.56 Å². The van der Waals surface area contributed by atoms with Gasteiger partial charge in [-0.05, 0) is 12.1 Å². The lowest BCUT2D eigenvalue weighted by molar-refractivity contribution is -0.192. The second kappa shape index (κ2) is 5.30. The summed E-state index contributed by atoms with van der Waals surface area (Å²) in [5.41, 5.74) is 0.725. The molecule has 0 amide bonds. The van der Waals surface area contributed by atoms with Gasteiger partial charge in [-0.15, -0.1) is 0 Å². The monoisotopic (exact) mass is 260 g/mol. The van der Waals surface area contributed by atoms with E-state index < -0.39 is 12.1 Å². The summed E-state index contributed by atoms with van der Waals surface area (Å²) in [5.74, 6) is -2.76. The zero-order chi connectivity index (χ0) is 13.8. The van der Waals surface area contributed by atoms with E-state index in [1.807, 2.05) is 18.2 Å². The molecule has 2 aromatic rings. The third-order valence-electron chi connectivity index (χ3n) is 1.76. The molecule has 0 aromatic carbocycles. The molecule has 0 spiro atoms. The number of halogens is 3. The molecule has 96 valence electrons. The van der Waals surface area contributed by atoms with E-state index in [0.717, 1.165) is 5.52 Å². The molecule has 0 saturated heterocycles. The molecule has 5 nitrogen and oxygen atoms in total. The largest absolute Gasteiger partial charge is 0.490 e. The van der Waals surface area contributed by atoms with Crippen molar-refractivity contribution in [2.75, 3.05) is 0 Å². The Morgan fingerprint density at radius 2 is 1.89 bits per heavy atom. The van der Waals surface area contributed by atoms with Gasteiger partial charge < -0.3 is 5.11 Å². The van der Waals surface area contributed by atoms with Gasteiger partial charge in [-0.25, -0.2) is 4.79 Å². The van der Waals surface area contributed by atoms with Gasteiger partial charge in [-0.2, -0.15) is 13.2 Å². The molecule has 0 aliphatic heterocycles. The van der Waals surface area contributed by atoms with E-state index in [-0.39, 0.29) is 5.56 Å². The molecule has 1 N–H and O–H groups in total. The van der Waals surface area contributed by atoms with Crippen LogP contribution in [0.3, 0.4) is 0 Å². The van der Waals surface area contributed by atoms with Gasteiger partial charge in [0.2, 0.25) is 0 Å². The minimum absolute atomic E-state index is 0.0944. The maximum absolute atomic E-state index is 11.1. The summed E-state index contributed by atoms with van der Waals surface area (Å²) in [6, 6.07) is 5.53. The molecule has 0 aliphatic carbocycles. The highest BCUT2D eigenvalue weighted by Crippen LogP contribution is 2.13. The molecular weight excluding hydrogens is 253 g/mol. The molecule has 2 heterocycles. The van der Waals surface area contributed by atoms with E-state index in [1.165, 1.54) is 6.20 Å². The first-order valence-electron chi connectivity index (χ1n) is 4.54. The van der Waals surface area contributed by atoms with Crippen molar-refractivity contribution >= 4 is 11.5 Å². The fraction of sp³-hybridized carbons (Fsp3) is 0.100. The zero-order valence-corrected chi connectivity index (χ0v) is 8.76. The highest BCUT2D eigenvalue weighted by atomic mass is 19.4. The minimum Gasteiger partial charge on any atom is -0.475 e. The van der Waals surface area contributed by atoms with E-state index in [9.17, 15) is 18.0 Å². The first kappa shape index (κ1) is 13.7. The number of nitrogens with zero attached hydrogens (tertiary/aromatic N) is 2. The Morgan fingerprint density at radius 3 is 2.39 bits per heavy atom. The van der Waals surface area contributed by atoms with Crippen LogP contribution in [0.15, 0.2) is 41.6 Å². The average molecular weight is 260 g/mol. The molecule has 0 bridgehead atoms. The standard InChI is InChI=1S/C8H6N2O.C2HF3O2/c11-8-6-9-5-7-3-1-2-4-10(7)8;3-2(4,5)1(6)7/h1-6H;(H,6,7). The molecule has 2 rings (SSSR count). The number of alkyl halides is 3. The summed E-state index contributed by atoms with van der Waals surface area (Å²) >= 11 is 0. The van der Waals surface area contributed by atoms with E-state index in [1.54, 1.807) is 16.8 Å². The van der Waals surface area contributed by atoms with E-state index in [4.69, 9.17) is 9.90 Å². The number of pyridine rings is 1. The predicted octanol–water partition coefficient (Wildman–Crippen LogP) is 1.33. The number of hydrogen-bond acceptors (Lipinski definition) is 3. The van der Waals surface area contributed by atoms with Crippen molar-refractivity contribution in [2.45, 2.75) is 6.18 Å². The Bertz CT molecular complexity index is 602. The Kier molecular flexibility index (Phi) is 4.03. The fourth-order valence-corrected chi connectivity index (χ4v) is 1.00. The normalized spacial score (nSPS) is 10.6. The molecule has 18 heavy (non-hydrogen) atoms. The van der Waals surface area contributed by atoms with Crippen LogP contribution in [0.5, 0.6) is 0 Å². The Morgan fingerprint density at radius 1 is 1.28 bits per heavy atom. The molecule has 0 fully saturated rings. The molecule has 0 aliphatic rings. The van der Waals surface area contributed by atoms with Crippen molar-refractivity contribution in [1.29, 1.82) is 0 Å². The fourth-order valence-electron chi connectivity index (χ4n) is 1.00. The van der Waals surface area contributed by atoms with Crippen LogP contribution < -0.4 is 5.56 Å². The van der Waals surface area contributed by atoms with Crippen molar-refractivity contribution in [3.05, 3.63) is 47.1 Å². The van der Waals surface area contributed by atoms with Crippen molar-refractivity contribution in [3.63, 3.8) is 0 Å². The number of fused-ring (bicyclic) bond motifs is 1. The van der Waals surface area contributed by atoms with Gasteiger partial charge >= 0.3 is 12.1 Å². The number of aromatic nitrogens is 2. The predicted molar refractivity (Wildman–Crippen MR) is 55.2 cm³/mol. The van der Waals surface area contributed by atoms with Crippen molar-refractivity contribution in [3.8, 4) is 0 Å². The molecule has 0 unspecified atom stereocenters. The van der Waals surface area contributed by atoms with Crippen LogP contribution in [0.25, 0.3) is 5.52 Å². The van der Waals surface area contributed by atoms with Gasteiger partial charge in [0, 0.05) is 6.20 Å². The van der Waals surface area contributed by atoms with Crippen LogP contribution in [-0.2, 0) is 4.79 Å². The SMILES string of the molecule is O=C(O)C(F)(F)F.O=c1cncc2ccccn12. The van der Waals surface area contributed by atoms with Gasteiger partial charge in [0.05, 0.1) is 17.9 Å². The van der Waals surface area contributed by atoms with Crippen LogP contribution in [0.1, 0.15) is 0 Å². The Hall–Kier alpha value is -2.38. The summed E-state index contributed by atoms with van der Waals surface area (Å²) in [7, 11) is 0. The van der Waals surface area contributed by atoms with Crippen LogP contribution >= 0.6 is 0 Å². The number of hydrogen-bond donors (Lipinski definition) is 1. The zero-order valence-electron chi connectivity index (χ0n) is 8.76. The topological polar surface area (TPSA) is 71.7 Å². The van der Waals surface area contributed by atoms with Crippen LogP contribution in [0, 0.1) is 0 Å². The lowest BCUT2D eigenvalue weighted by Gasteiger charge is -1.95. The molecule has 8 heteroatoms. The Balaban J connectivity index is 0.000000203. The van der Waals surface area contributed by atoms with Crippen LogP contribution in [0.2, 0.25) is 0 Å². The minimum atomic E-state index is -5.08. The highest BCUT2D eigenvalue weighted by Gasteiger charge is 2.38. The maximum Gasteiger partial charge on any atom is 0.490 e. The van der Waals surface area contributed by atoms with Gasteiger partial charge in [0.1, 0.15) is 0 Å². The van der Waals surface area contributed by atoms with Crippen molar-refractivity contribution in [1.82, 2.24) is 9.38 Å². The van der Waals surface area contributed by atoms with Crippen LogP contribution in [-0.4, -0.2) is 26.6 Å². The Labute approximate surface area is 98.1 Å². The summed E-state index contributed by atoms with van der Waals surface area (Å²) < 4.78 is 33.3. The summed E-state index contributed by atoms with van der Waals surface area (Å²) in [4.78, 5) is 23.8. The highest BCUT2D eigenvalue weighted by molar-refractivity contribution is 5.73. The summed E-state index contributed by atoms with van der Waals surface area (Å²) in [6.07, 6.45) is -0.409. The van der Waals surface area contributed by atoms with Crippen LogP contribution in [0.4, 0.5) is 13.2 Å². The second-order valence-corrected chi connectivity index (χ2v) is 3.04. The van der Waals surface area contributed by atoms with E-state index >= 15 is 0 Å². The number of carbonyl (C=O) groups is 1.